The molecule has 2 aliphatic carbocycles. The molecule has 10 nitrogen and oxygen atoms in total. The number of halogens is 3. The summed E-state index contributed by atoms with van der Waals surface area (Å²) in [5.41, 5.74) is 2.02. The predicted octanol–water partition coefficient (Wildman–Crippen LogP) is 5.48. The molecule has 3 aliphatic rings. The Bertz CT molecular complexity index is 1680. The molecule has 0 atom stereocenters. The Morgan fingerprint density at radius 1 is 1.12 bits per heavy atom. The van der Waals surface area contributed by atoms with Crippen LogP contribution >= 0.6 is 0 Å². The van der Waals surface area contributed by atoms with Gasteiger partial charge in [0, 0.05) is 17.8 Å². The summed E-state index contributed by atoms with van der Waals surface area (Å²) in [5, 5.41) is 3.71. The normalized spacial score (nSPS) is 17.4. The van der Waals surface area contributed by atoms with Crippen LogP contribution in [-0.4, -0.2) is 42.9 Å². The number of hydrogen-bond acceptors (Lipinski definition) is 8. The van der Waals surface area contributed by atoms with Crippen LogP contribution in [0, 0.1) is 6.92 Å². The molecule has 2 fully saturated rings. The lowest BCUT2D eigenvalue weighted by Gasteiger charge is -2.33. The van der Waals surface area contributed by atoms with Crippen molar-refractivity contribution in [3.8, 4) is 23.0 Å². The van der Waals surface area contributed by atoms with Gasteiger partial charge in [-0.2, -0.15) is 18.3 Å². The second-order valence-corrected chi connectivity index (χ2v) is 10.5. The van der Waals surface area contributed by atoms with Crippen LogP contribution in [0.5, 0.6) is 5.88 Å². The molecule has 4 aromatic rings. The van der Waals surface area contributed by atoms with E-state index in [1.54, 1.807) is 37.4 Å². The minimum Gasteiger partial charge on any atom is -0.480 e. The Morgan fingerprint density at radius 2 is 1.88 bits per heavy atom. The van der Waals surface area contributed by atoms with E-state index in [-0.39, 0.29) is 12.5 Å². The average Bonchev–Trinajstić information content (AvgIpc) is 3.89. The van der Waals surface area contributed by atoms with E-state index < -0.39 is 23.6 Å². The molecule has 0 radical (unpaired) electrons. The van der Waals surface area contributed by atoms with E-state index in [0.29, 0.717) is 47.3 Å². The van der Waals surface area contributed by atoms with E-state index in [9.17, 15) is 18.0 Å². The summed E-state index contributed by atoms with van der Waals surface area (Å²) in [7, 11) is 1.53. The third-order valence-electron chi connectivity index (χ3n) is 7.64. The first kappa shape index (κ1) is 25.4. The lowest BCUT2D eigenvalue weighted by molar-refractivity contribution is -0.141. The minimum atomic E-state index is -4.53. The van der Waals surface area contributed by atoms with Gasteiger partial charge in [0.25, 0.3) is 0 Å². The first-order chi connectivity index (χ1) is 19.7. The molecule has 7 rings (SSSR count). The Balaban J connectivity index is 1.24. The maximum atomic E-state index is 13.3. The second kappa shape index (κ2) is 8.98. The molecule has 1 amide bonds. The number of hydrogen-bond donors (Lipinski definition) is 0. The van der Waals surface area contributed by atoms with Gasteiger partial charge >= 0.3 is 12.3 Å². The van der Waals surface area contributed by atoms with Crippen molar-refractivity contribution in [3.05, 3.63) is 71.1 Å². The highest BCUT2D eigenvalue weighted by molar-refractivity contribution is 5.91. The zero-order valence-corrected chi connectivity index (χ0v) is 22.1. The fourth-order valence-corrected chi connectivity index (χ4v) is 5.22. The molecule has 1 spiro atoms. The number of ether oxygens (including phenoxy) is 2. The summed E-state index contributed by atoms with van der Waals surface area (Å²) in [6.07, 6.45) is 1.49. The number of carbonyl (C=O) groups excluding carboxylic acids is 1. The number of carbonyl (C=O) groups is 1. The third-order valence-corrected chi connectivity index (χ3v) is 7.64. The number of alkyl halides is 3. The molecule has 0 saturated heterocycles. The van der Waals surface area contributed by atoms with Gasteiger partial charge in [-0.1, -0.05) is 12.1 Å². The standard InChI is InChI=1S/C28H24F3N7O3/c1-15-11-20(28(29,30)31)36-38(15)18-7-3-16(4-8-18)13-37-24-19(27(9-10-27)41-26(37)39)12-32-23(35-24)21-22(17-5-6-17)33-14-34-25(21)40-2/h3-4,7-8,11-12,14,17H,5-6,9-10,13H2,1-2H3. The van der Waals surface area contributed by atoms with Crippen molar-refractivity contribution >= 4 is 11.9 Å². The SMILES string of the molecule is COc1ncnc(C2CC2)c1-c1ncc2c(n1)N(Cc1ccc(-n3nc(C(F)(F)F)cc3C)cc1)C(=O)OC21CC1. The predicted molar refractivity (Wildman–Crippen MR) is 138 cm³/mol. The highest BCUT2D eigenvalue weighted by Crippen LogP contribution is 2.55. The first-order valence-electron chi connectivity index (χ1n) is 13.2. The molecular formula is C28H24F3N7O3. The van der Waals surface area contributed by atoms with Crippen LogP contribution in [0.4, 0.5) is 23.8 Å². The van der Waals surface area contributed by atoms with Gasteiger partial charge < -0.3 is 9.47 Å². The van der Waals surface area contributed by atoms with E-state index in [1.165, 1.54) is 23.0 Å². The number of aromatic nitrogens is 6. The van der Waals surface area contributed by atoms with Crippen molar-refractivity contribution in [1.82, 2.24) is 29.7 Å². The molecule has 0 unspecified atom stereocenters. The molecule has 3 aromatic heterocycles. The van der Waals surface area contributed by atoms with Crippen molar-refractivity contribution < 1.29 is 27.4 Å². The molecule has 0 bridgehead atoms. The smallest absolute Gasteiger partial charge is 0.435 e. The zero-order valence-electron chi connectivity index (χ0n) is 22.1. The van der Waals surface area contributed by atoms with Gasteiger partial charge in [-0.25, -0.2) is 29.4 Å². The second-order valence-electron chi connectivity index (χ2n) is 10.5. The van der Waals surface area contributed by atoms with E-state index in [4.69, 9.17) is 14.5 Å². The van der Waals surface area contributed by atoms with Crippen LogP contribution in [0.25, 0.3) is 17.1 Å². The third kappa shape index (κ3) is 4.35. The van der Waals surface area contributed by atoms with Gasteiger partial charge in [-0.3, -0.25) is 4.90 Å². The van der Waals surface area contributed by atoms with Gasteiger partial charge in [-0.05, 0) is 56.4 Å². The molecule has 0 N–H and O–H groups in total. The Labute approximate surface area is 232 Å². The zero-order chi connectivity index (χ0) is 28.5. The van der Waals surface area contributed by atoms with E-state index >= 15 is 0 Å². The van der Waals surface area contributed by atoms with Crippen LogP contribution < -0.4 is 9.64 Å². The summed E-state index contributed by atoms with van der Waals surface area (Å²) >= 11 is 0. The highest BCUT2D eigenvalue weighted by atomic mass is 19.4. The Kier molecular flexibility index (Phi) is 5.57. The lowest BCUT2D eigenvalue weighted by Crippen LogP contribution is -2.41. The fraction of sp³-hybridized carbons (Fsp3) is 0.357. The van der Waals surface area contributed by atoms with Crippen molar-refractivity contribution in [3.63, 3.8) is 0 Å². The topological polar surface area (TPSA) is 108 Å². The number of methoxy groups -OCH3 is 1. The van der Waals surface area contributed by atoms with Crippen molar-refractivity contribution in [1.29, 1.82) is 0 Å². The molecule has 210 valence electrons. The average molecular weight is 564 g/mol. The number of nitrogens with zero attached hydrogens (tertiary/aromatic N) is 7. The lowest BCUT2D eigenvalue weighted by atomic mass is 10.1. The maximum absolute atomic E-state index is 13.3. The van der Waals surface area contributed by atoms with Crippen molar-refractivity contribution in [2.45, 2.75) is 56.8 Å². The van der Waals surface area contributed by atoms with Gasteiger partial charge in [0.2, 0.25) is 5.88 Å². The summed E-state index contributed by atoms with van der Waals surface area (Å²) in [6, 6.07) is 7.79. The summed E-state index contributed by atoms with van der Waals surface area (Å²) in [5.74, 6) is 1.45. The Morgan fingerprint density at radius 3 is 2.51 bits per heavy atom. The molecule has 2 saturated carbocycles. The number of amides is 1. The molecule has 13 heteroatoms. The van der Waals surface area contributed by atoms with Crippen LogP contribution in [-0.2, 0) is 23.1 Å². The number of fused-ring (bicyclic) bond motifs is 2. The van der Waals surface area contributed by atoms with Gasteiger partial charge in [0.05, 0.1) is 30.6 Å². The monoisotopic (exact) mass is 563 g/mol. The van der Waals surface area contributed by atoms with E-state index in [0.717, 1.165) is 35.7 Å². The van der Waals surface area contributed by atoms with Gasteiger partial charge in [0.15, 0.2) is 11.5 Å². The van der Waals surface area contributed by atoms with Crippen LogP contribution in [0.15, 0.2) is 42.9 Å². The first-order valence-corrected chi connectivity index (χ1v) is 13.2. The molecule has 4 heterocycles. The summed E-state index contributed by atoms with van der Waals surface area (Å²) in [4.78, 5) is 33.0. The van der Waals surface area contributed by atoms with Crippen molar-refractivity contribution in [2.24, 2.45) is 0 Å². The van der Waals surface area contributed by atoms with Gasteiger partial charge in [-0.15, -0.1) is 0 Å². The van der Waals surface area contributed by atoms with Crippen LogP contribution in [0.1, 0.15) is 59.8 Å². The molecule has 41 heavy (non-hydrogen) atoms. The Hall–Kier alpha value is -4.55. The number of aryl methyl sites for hydroxylation is 1. The maximum Gasteiger partial charge on any atom is 0.435 e. The number of rotatable bonds is 6. The minimum absolute atomic E-state index is 0.127. The fourth-order valence-electron chi connectivity index (χ4n) is 5.22. The van der Waals surface area contributed by atoms with Crippen molar-refractivity contribution in [2.75, 3.05) is 12.0 Å². The summed E-state index contributed by atoms with van der Waals surface area (Å²) < 4.78 is 52.0. The number of benzene rings is 1. The van der Waals surface area contributed by atoms with Crippen LogP contribution in [0.2, 0.25) is 0 Å². The highest BCUT2D eigenvalue weighted by Gasteiger charge is 2.55. The summed E-state index contributed by atoms with van der Waals surface area (Å²) in [6.45, 7) is 1.69. The largest absolute Gasteiger partial charge is 0.480 e. The number of anilines is 1. The molecular weight excluding hydrogens is 539 g/mol. The van der Waals surface area contributed by atoms with E-state index in [1.807, 2.05) is 0 Å². The van der Waals surface area contributed by atoms with Gasteiger partial charge in [0.1, 0.15) is 23.3 Å². The quantitative estimate of drug-likeness (QED) is 0.304. The van der Waals surface area contributed by atoms with E-state index in [2.05, 4.69) is 20.1 Å². The molecule has 1 aromatic carbocycles. The van der Waals surface area contributed by atoms with Crippen LogP contribution in [0.3, 0.4) is 0 Å². The molecule has 1 aliphatic heterocycles.